The Bertz CT molecular complexity index is 671. The first-order valence-electron chi connectivity index (χ1n) is 6.42. The summed E-state index contributed by atoms with van der Waals surface area (Å²) in [5.41, 5.74) is 2.66. The largest absolute Gasteiger partial charge is 0.331 e. The zero-order valence-corrected chi connectivity index (χ0v) is 11.6. The van der Waals surface area contributed by atoms with Gasteiger partial charge in [0.2, 0.25) is 5.91 Å². The van der Waals surface area contributed by atoms with Gasteiger partial charge in [0.1, 0.15) is 12.8 Å². The van der Waals surface area contributed by atoms with E-state index >= 15 is 0 Å². The van der Waals surface area contributed by atoms with Crippen LogP contribution in [0.15, 0.2) is 36.0 Å². The van der Waals surface area contributed by atoms with E-state index in [1.807, 2.05) is 31.2 Å². The highest BCUT2D eigenvalue weighted by Gasteiger charge is 2.09. The Kier molecular flexibility index (Phi) is 4.30. The van der Waals surface area contributed by atoms with E-state index < -0.39 is 0 Å². The molecule has 2 aromatic rings. The van der Waals surface area contributed by atoms with Crippen molar-refractivity contribution in [1.29, 1.82) is 0 Å². The number of carbonyl (C=O) groups excluding carboxylic acids is 2. The second-order valence-electron chi connectivity index (χ2n) is 4.69. The highest BCUT2D eigenvalue weighted by molar-refractivity contribution is 5.84. The van der Waals surface area contributed by atoms with Crippen molar-refractivity contribution in [2.24, 2.45) is 0 Å². The van der Waals surface area contributed by atoms with Crippen molar-refractivity contribution in [3.05, 3.63) is 41.7 Å². The van der Waals surface area contributed by atoms with Gasteiger partial charge < -0.3 is 10.1 Å². The predicted octanol–water partition coefficient (Wildman–Crippen LogP) is 1.95. The molecule has 1 aromatic carbocycles. The van der Waals surface area contributed by atoms with Crippen LogP contribution in [0.25, 0.3) is 10.9 Å². The minimum absolute atomic E-state index is 0.152. The number of hydrogen-bond acceptors (Lipinski definition) is 3. The molecule has 20 heavy (non-hydrogen) atoms. The van der Waals surface area contributed by atoms with Gasteiger partial charge in [0.25, 0.3) is 0 Å². The highest BCUT2D eigenvalue weighted by atomic mass is 16.2. The summed E-state index contributed by atoms with van der Waals surface area (Å²) in [5.74, 6) is -0.163. The number of nitrogens with zero attached hydrogens (tertiary/aromatic N) is 2. The maximum absolute atomic E-state index is 11.9. The molecule has 0 aliphatic carbocycles. The number of amides is 1. The molecule has 0 saturated carbocycles. The molecule has 1 amide bonds. The molecule has 1 N–H and O–H groups in total. The average Bonchev–Trinajstić information content (AvgIpc) is 2.74. The van der Waals surface area contributed by atoms with Crippen molar-refractivity contribution in [2.45, 2.75) is 26.8 Å². The van der Waals surface area contributed by atoms with E-state index in [1.54, 1.807) is 17.8 Å². The van der Waals surface area contributed by atoms with Crippen molar-refractivity contribution >= 4 is 23.1 Å². The van der Waals surface area contributed by atoms with Crippen LogP contribution in [-0.2, 0) is 16.1 Å². The van der Waals surface area contributed by atoms with Crippen molar-refractivity contribution in [3.63, 3.8) is 0 Å². The SMILES string of the molecule is C/C(=C/NC(=O)Cn1nc(C)c2ccccc21)CC=O. The molecule has 0 fully saturated rings. The molecule has 0 saturated heterocycles. The summed E-state index contributed by atoms with van der Waals surface area (Å²) in [7, 11) is 0. The molecule has 104 valence electrons. The van der Waals surface area contributed by atoms with Crippen LogP contribution in [0.2, 0.25) is 0 Å². The number of carbonyl (C=O) groups is 2. The molecule has 0 aliphatic rings. The lowest BCUT2D eigenvalue weighted by atomic mass is 10.2. The first kappa shape index (κ1) is 14.0. The van der Waals surface area contributed by atoms with E-state index in [-0.39, 0.29) is 12.5 Å². The molecular formula is C15H17N3O2. The maximum atomic E-state index is 11.9. The molecule has 1 heterocycles. The Morgan fingerprint density at radius 1 is 1.40 bits per heavy atom. The number of allylic oxidation sites excluding steroid dienone is 1. The molecule has 5 nitrogen and oxygen atoms in total. The Balaban J connectivity index is 2.10. The summed E-state index contributed by atoms with van der Waals surface area (Å²) in [6.07, 6.45) is 2.70. The molecule has 0 spiro atoms. The molecule has 0 aliphatic heterocycles. The number of rotatable bonds is 5. The summed E-state index contributed by atoms with van der Waals surface area (Å²) in [6, 6.07) is 7.80. The minimum atomic E-state index is -0.163. The van der Waals surface area contributed by atoms with Gasteiger partial charge in [-0.2, -0.15) is 5.10 Å². The average molecular weight is 271 g/mol. The van der Waals surface area contributed by atoms with Gasteiger partial charge in [-0.1, -0.05) is 23.8 Å². The monoisotopic (exact) mass is 271 g/mol. The van der Waals surface area contributed by atoms with Crippen LogP contribution >= 0.6 is 0 Å². The number of aldehydes is 1. The molecular weight excluding hydrogens is 254 g/mol. The number of aryl methyl sites for hydroxylation is 1. The first-order valence-corrected chi connectivity index (χ1v) is 6.42. The van der Waals surface area contributed by atoms with Gasteiger partial charge in [-0.25, -0.2) is 0 Å². The number of nitrogens with one attached hydrogen (secondary N) is 1. The van der Waals surface area contributed by atoms with Crippen LogP contribution in [0.1, 0.15) is 19.0 Å². The molecule has 5 heteroatoms. The standard InChI is InChI=1S/C15H17N3O2/c1-11(7-8-19)9-16-15(20)10-18-14-6-4-3-5-13(14)12(2)17-18/h3-6,8-9H,7,10H2,1-2H3,(H,16,20)/b11-9-. The fraction of sp³-hybridized carbons (Fsp3) is 0.267. The number of hydrogen-bond donors (Lipinski definition) is 1. The number of aromatic nitrogens is 2. The zero-order chi connectivity index (χ0) is 14.5. The van der Waals surface area contributed by atoms with E-state index in [4.69, 9.17) is 0 Å². The Morgan fingerprint density at radius 3 is 2.90 bits per heavy atom. The topological polar surface area (TPSA) is 64.0 Å². The molecule has 0 radical (unpaired) electrons. The third-order valence-electron chi connectivity index (χ3n) is 3.02. The van der Waals surface area contributed by atoms with E-state index in [9.17, 15) is 9.59 Å². The van der Waals surface area contributed by atoms with E-state index in [1.165, 1.54) is 0 Å². The fourth-order valence-electron chi connectivity index (χ4n) is 1.99. The van der Waals surface area contributed by atoms with Crippen molar-refractivity contribution in [1.82, 2.24) is 15.1 Å². The molecule has 0 unspecified atom stereocenters. The van der Waals surface area contributed by atoms with E-state index in [0.717, 1.165) is 28.5 Å². The summed E-state index contributed by atoms with van der Waals surface area (Å²) in [6.45, 7) is 3.87. The summed E-state index contributed by atoms with van der Waals surface area (Å²) in [4.78, 5) is 22.2. The second kappa shape index (κ2) is 6.14. The van der Waals surface area contributed by atoms with Crippen molar-refractivity contribution < 1.29 is 9.59 Å². The van der Waals surface area contributed by atoms with Crippen LogP contribution in [0.3, 0.4) is 0 Å². The molecule has 0 atom stereocenters. The molecule has 0 bridgehead atoms. The molecule has 2 rings (SSSR count). The Hall–Kier alpha value is -2.43. The summed E-state index contributed by atoms with van der Waals surface area (Å²) >= 11 is 0. The summed E-state index contributed by atoms with van der Waals surface area (Å²) < 4.78 is 1.68. The van der Waals surface area contributed by atoms with Gasteiger partial charge in [0, 0.05) is 18.0 Å². The van der Waals surface area contributed by atoms with Gasteiger partial charge in [-0.05, 0) is 19.9 Å². The zero-order valence-electron chi connectivity index (χ0n) is 11.6. The van der Waals surface area contributed by atoms with Crippen LogP contribution < -0.4 is 5.32 Å². The lowest BCUT2D eigenvalue weighted by Crippen LogP contribution is -2.23. The number of benzene rings is 1. The maximum Gasteiger partial charge on any atom is 0.245 e. The Morgan fingerprint density at radius 2 is 2.15 bits per heavy atom. The third-order valence-corrected chi connectivity index (χ3v) is 3.02. The van der Waals surface area contributed by atoms with E-state index in [0.29, 0.717) is 6.42 Å². The van der Waals surface area contributed by atoms with Crippen LogP contribution in [0, 0.1) is 6.92 Å². The van der Waals surface area contributed by atoms with Crippen LogP contribution in [0.5, 0.6) is 0 Å². The van der Waals surface area contributed by atoms with Gasteiger partial charge in [0.05, 0.1) is 11.2 Å². The predicted molar refractivity (Wildman–Crippen MR) is 77.1 cm³/mol. The molecule has 1 aromatic heterocycles. The van der Waals surface area contributed by atoms with Crippen LogP contribution in [-0.4, -0.2) is 22.0 Å². The Labute approximate surface area is 117 Å². The smallest absolute Gasteiger partial charge is 0.245 e. The summed E-state index contributed by atoms with van der Waals surface area (Å²) in [5, 5.41) is 8.09. The lowest BCUT2D eigenvalue weighted by molar-refractivity contribution is -0.120. The second-order valence-corrected chi connectivity index (χ2v) is 4.69. The van der Waals surface area contributed by atoms with Gasteiger partial charge in [0.15, 0.2) is 0 Å². The van der Waals surface area contributed by atoms with Crippen molar-refractivity contribution in [2.75, 3.05) is 0 Å². The fourth-order valence-corrected chi connectivity index (χ4v) is 1.99. The number of fused-ring (bicyclic) bond motifs is 1. The van der Waals surface area contributed by atoms with E-state index in [2.05, 4.69) is 10.4 Å². The van der Waals surface area contributed by atoms with Gasteiger partial charge in [-0.15, -0.1) is 0 Å². The van der Waals surface area contributed by atoms with Crippen LogP contribution in [0.4, 0.5) is 0 Å². The van der Waals surface area contributed by atoms with Gasteiger partial charge in [-0.3, -0.25) is 9.48 Å². The minimum Gasteiger partial charge on any atom is -0.331 e. The van der Waals surface area contributed by atoms with Gasteiger partial charge >= 0.3 is 0 Å². The highest BCUT2D eigenvalue weighted by Crippen LogP contribution is 2.17. The first-order chi connectivity index (χ1) is 9.61. The normalized spacial score (nSPS) is 11.6. The third kappa shape index (κ3) is 3.12. The van der Waals surface area contributed by atoms with Crippen molar-refractivity contribution in [3.8, 4) is 0 Å². The lowest BCUT2D eigenvalue weighted by Gasteiger charge is -2.03. The number of para-hydroxylation sites is 1. The quantitative estimate of drug-likeness (QED) is 0.845.